The Hall–Kier alpha value is -2.01. The highest BCUT2D eigenvalue weighted by molar-refractivity contribution is 5.49. The Balaban J connectivity index is 1.59. The van der Waals surface area contributed by atoms with E-state index in [1.165, 1.54) is 12.1 Å². The van der Waals surface area contributed by atoms with Crippen molar-refractivity contribution < 1.29 is 9.15 Å². The molecule has 0 amide bonds. The molecule has 1 aliphatic rings. The molecule has 1 aliphatic heterocycles. The molecular weight excluding hydrogens is 254 g/mol. The Bertz CT molecular complexity index is 545. The highest BCUT2D eigenvalue weighted by atomic mass is 16.5. The summed E-state index contributed by atoms with van der Waals surface area (Å²) in [6, 6.07) is 8.23. The summed E-state index contributed by atoms with van der Waals surface area (Å²) in [5, 5.41) is 3.35. The monoisotopic (exact) mass is 273 g/mol. The minimum Gasteiger partial charge on any atom is -0.487 e. The lowest BCUT2D eigenvalue weighted by atomic mass is 10.2. The van der Waals surface area contributed by atoms with Gasteiger partial charge in [0.1, 0.15) is 23.8 Å². The van der Waals surface area contributed by atoms with Gasteiger partial charge in [-0.1, -0.05) is 0 Å². The van der Waals surface area contributed by atoms with Crippen LogP contribution in [0, 0.1) is 6.92 Å². The molecule has 20 heavy (non-hydrogen) atoms. The Morgan fingerprint density at radius 1 is 1.25 bits per heavy atom. The van der Waals surface area contributed by atoms with Crippen LogP contribution in [-0.4, -0.2) is 31.2 Å². The molecule has 0 aliphatic carbocycles. The number of anilines is 1. The van der Waals surface area contributed by atoms with Crippen molar-refractivity contribution in [3.63, 3.8) is 0 Å². The van der Waals surface area contributed by atoms with Gasteiger partial charge in [0.25, 0.3) is 0 Å². The van der Waals surface area contributed by atoms with Crippen LogP contribution in [-0.2, 0) is 6.61 Å². The number of nitrogens with zero attached hydrogens (tertiary/aromatic N) is 2. The van der Waals surface area contributed by atoms with Crippen molar-refractivity contribution in [2.45, 2.75) is 13.5 Å². The Morgan fingerprint density at radius 2 is 2.00 bits per heavy atom. The van der Waals surface area contributed by atoms with Crippen LogP contribution in [0.25, 0.3) is 0 Å². The van der Waals surface area contributed by atoms with E-state index >= 15 is 0 Å². The maximum Gasteiger partial charge on any atom is 0.181 e. The van der Waals surface area contributed by atoms with Gasteiger partial charge in [-0.15, -0.1) is 0 Å². The highest BCUT2D eigenvalue weighted by Crippen LogP contribution is 2.20. The minimum absolute atomic E-state index is 0.440. The maximum atomic E-state index is 5.72. The second kappa shape index (κ2) is 5.96. The number of ether oxygens (including phenoxy) is 1. The molecule has 1 aromatic heterocycles. The molecule has 1 aromatic carbocycles. The van der Waals surface area contributed by atoms with Crippen molar-refractivity contribution >= 4 is 5.69 Å². The third-order valence-electron chi connectivity index (χ3n) is 3.54. The van der Waals surface area contributed by atoms with E-state index in [9.17, 15) is 0 Å². The third kappa shape index (κ3) is 2.93. The smallest absolute Gasteiger partial charge is 0.181 e. The maximum absolute atomic E-state index is 5.72. The summed E-state index contributed by atoms with van der Waals surface area (Å²) >= 11 is 0. The van der Waals surface area contributed by atoms with Gasteiger partial charge in [0, 0.05) is 31.9 Å². The summed E-state index contributed by atoms with van der Waals surface area (Å²) in [6.45, 7) is 6.53. The molecule has 1 N–H and O–H groups in total. The van der Waals surface area contributed by atoms with E-state index in [1.54, 1.807) is 0 Å². The summed E-state index contributed by atoms with van der Waals surface area (Å²) in [6.07, 6.45) is 1.45. The third-order valence-corrected chi connectivity index (χ3v) is 3.54. The quantitative estimate of drug-likeness (QED) is 0.923. The van der Waals surface area contributed by atoms with Crippen LogP contribution in [0.2, 0.25) is 0 Å². The lowest BCUT2D eigenvalue weighted by Crippen LogP contribution is -2.43. The Morgan fingerprint density at radius 3 is 2.65 bits per heavy atom. The number of nitrogens with one attached hydrogen (secondary N) is 1. The average molecular weight is 273 g/mol. The van der Waals surface area contributed by atoms with Gasteiger partial charge >= 0.3 is 0 Å². The van der Waals surface area contributed by atoms with Crippen molar-refractivity contribution in [1.29, 1.82) is 0 Å². The summed E-state index contributed by atoms with van der Waals surface area (Å²) < 4.78 is 10.9. The minimum atomic E-state index is 0.440. The van der Waals surface area contributed by atoms with Crippen molar-refractivity contribution in [2.75, 3.05) is 31.1 Å². The Labute approximate surface area is 118 Å². The number of oxazole rings is 1. The molecule has 5 nitrogen and oxygen atoms in total. The van der Waals surface area contributed by atoms with Crippen molar-refractivity contribution in [1.82, 2.24) is 10.3 Å². The number of aryl methyl sites for hydroxylation is 1. The molecule has 0 atom stereocenters. The molecule has 5 heteroatoms. The summed E-state index contributed by atoms with van der Waals surface area (Å²) in [5.41, 5.74) is 2.09. The molecule has 1 fully saturated rings. The fourth-order valence-electron chi connectivity index (χ4n) is 2.29. The molecule has 2 aromatic rings. The van der Waals surface area contributed by atoms with Gasteiger partial charge in [-0.25, -0.2) is 4.98 Å². The van der Waals surface area contributed by atoms with E-state index in [1.807, 2.05) is 19.1 Å². The first-order valence-corrected chi connectivity index (χ1v) is 6.90. The van der Waals surface area contributed by atoms with Crippen molar-refractivity contribution in [2.24, 2.45) is 0 Å². The molecule has 0 saturated carbocycles. The number of piperazine rings is 1. The van der Waals surface area contributed by atoms with Crippen LogP contribution in [0.4, 0.5) is 5.69 Å². The SMILES string of the molecule is Cc1ocnc1COc1ccc(N2CCNCC2)cc1. The number of hydrogen-bond donors (Lipinski definition) is 1. The van der Waals surface area contributed by atoms with E-state index in [0.717, 1.165) is 43.4 Å². The number of aromatic nitrogens is 1. The molecule has 0 radical (unpaired) electrons. The average Bonchev–Trinajstić information content (AvgIpc) is 2.92. The fourth-order valence-corrected chi connectivity index (χ4v) is 2.29. The largest absolute Gasteiger partial charge is 0.487 e. The molecular formula is C15H19N3O2. The van der Waals surface area contributed by atoms with Crippen LogP contribution in [0.5, 0.6) is 5.75 Å². The van der Waals surface area contributed by atoms with Crippen molar-refractivity contribution in [3.05, 3.63) is 42.1 Å². The molecule has 0 unspecified atom stereocenters. The number of hydrogen-bond acceptors (Lipinski definition) is 5. The number of benzene rings is 1. The predicted octanol–water partition coefficient (Wildman–Crippen LogP) is 1.97. The van der Waals surface area contributed by atoms with Gasteiger partial charge in [-0.05, 0) is 31.2 Å². The van der Waals surface area contributed by atoms with Gasteiger partial charge in [0.05, 0.1) is 0 Å². The summed E-state index contributed by atoms with van der Waals surface area (Å²) in [7, 11) is 0. The summed E-state index contributed by atoms with van der Waals surface area (Å²) in [5.74, 6) is 1.66. The zero-order valence-corrected chi connectivity index (χ0v) is 11.6. The zero-order chi connectivity index (χ0) is 13.8. The number of rotatable bonds is 4. The molecule has 0 bridgehead atoms. The van der Waals surface area contributed by atoms with Crippen LogP contribution in [0.1, 0.15) is 11.5 Å². The van der Waals surface area contributed by atoms with Crippen molar-refractivity contribution in [3.8, 4) is 5.75 Å². The first-order chi connectivity index (χ1) is 9.83. The molecule has 106 valence electrons. The highest BCUT2D eigenvalue weighted by Gasteiger charge is 2.10. The first-order valence-electron chi connectivity index (χ1n) is 6.90. The van der Waals surface area contributed by atoms with E-state index in [4.69, 9.17) is 9.15 Å². The van der Waals surface area contributed by atoms with Crippen LogP contribution >= 0.6 is 0 Å². The fraction of sp³-hybridized carbons (Fsp3) is 0.400. The second-order valence-corrected chi connectivity index (χ2v) is 4.87. The topological polar surface area (TPSA) is 50.5 Å². The van der Waals surface area contributed by atoms with Gasteiger partial charge in [0.15, 0.2) is 6.39 Å². The Kier molecular flexibility index (Phi) is 3.87. The first kappa shape index (κ1) is 13.0. The predicted molar refractivity (Wildman–Crippen MR) is 77.1 cm³/mol. The van der Waals surface area contributed by atoms with Gasteiger partial charge in [0.2, 0.25) is 0 Å². The lowest BCUT2D eigenvalue weighted by Gasteiger charge is -2.29. The molecule has 1 saturated heterocycles. The molecule has 0 spiro atoms. The molecule has 3 rings (SSSR count). The van der Waals surface area contributed by atoms with Gasteiger partial charge in [-0.3, -0.25) is 0 Å². The zero-order valence-electron chi connectivity index (χ0n) is 11.6. The van der Waals surface area contributed by atoms with E-state index in [-0.39, 0.29) is 0 Å². The van der Waals surface area contributed by atoms with Gasteiger partial charge in [-0.2, -0.15) is 0 Å². The van der Waals surface area contributed by atoms with E-state index in [0.29, 0.717) is 6.61 Å². The second-order valence-electron chi connectivity index (χ2n) is 4.87. The molecule has 2 heterocycles. The normalized spacial score (nSPS) is 15.3. The van der Waals surface area contributed by atoms with Gasteiger partial charge < -0.3 is 19.4 Å². The van der Waals surface area contributed by atoms with Crippen LogP contribution in [0.3, 0.4) is 0 Å². The van der Waals surface area contributed by atoms with Crippen LogP contribution in [0.15, 0.2) is 35.1 Å². The lowest BCUT2D eigenvalue weighted by molar-refractivity contribution is 0.299. The van der Waals surface area contributed by atoms with E-state index < -0.39 is 0 Å². The van der Waals surface area contributed by atoms with Crippen LogP contribution < -0.4 is 15.0 Å². The standard InChI is InChI=1S/C15H19N3O2/c1-12-15(17-11-20-12)10-19-14-4-2-13(3-5-14)18-8-6-16-7-9-18/h2-5,11,16H,6-10H2,1H3. The van der Waals surface area contributed by atoms with E-state index in [2.05, 4.69) is 27.3 Å². The summed E-state index contributed by atoms with van der Waals surface area (Å²) in [4.78, 5) is 6.49.